The molecule has 3 unspecified atom stereocenters. The van der Waals surface area contributed by atoms with Crippen LogP contribution in [-0.2, 0) is 14.3 Å². The second kappa shape index (κ2) is 15.3. The first kappa shape index (κ1) is 27.6. The summed E-state index contributed by atoms with van der Waals surface area (Å²) in [5, 5.41) is 21.1. The average Bonchev–Trinajstić information content (AvgIpc) is 3.12. The van der Waals surface area contributed by atoms with Crippen molar-refractivity contribution in [3.8, 4) is 0 Å². The normalized spacial score (nSPS) is 15.1. The van der Waals surface area contributed by atoms with E-state index in [1.165, 1.54) is 6.92 Å². The number of allylic oxidation sites excluding steroid dienone is 1. The van der Waals surface area contributed by atoms with E-state index in [1.54, 1.807) is 30.0 Å². The predicted octanol–water partition coefficient (Wildman–Crippen LogP) is 4.80. The molecule has 0 radical (unpaired) electrons. The predicted molar refractivity (Wildman–Crippen MR) is 127 cm³/mol. The first-order chi connectivity index (χ1) is 14.7. The highest BCUT2D eigenvalue weighted by atomic mass is 32.2. The lowest BCUT2D eigenvalue weighted by Gasteiger charge is -2.18. The molecule has 0 saturated heterocycles. The van der Waals surface area contributed by atoms with Gasteiger partial charge in [0.2, 0.25) is 0 Å². The van der Waals surface area contributed by atoms with Gasteiger partial charge in [0.15, 0.2) is 0 Å². The summed E-state index contributed by atoms with van der Waals surface area (Å²) in [6.07, 6.45) is 10.2. The van der Waals surface area contributed by atoms with E-state index >= 15 is 0 Å². The second-order valence-electron chi connectivity index (χ2n) is 7.71. The Hall–Kier alpha value is -1.48. The van der Waals surface area contributed by atoms with Crippen molar-refractivity contribution in [1.82, 2.24) is 4.98 Å². The molecule has 1 aromatic heterocycles. The molecule has 0 fully saturated rings. The summed E-state index contributed by atoms with van der Waals surface area (Å²) in [4.78, 5) is 27.6. The smallest absolute Gasteiger partial charge is 0.309 e. The molecule has 8 heteroatoms. The van der Waals surface area contributed by atoms with Crippen molar-refractivity contribution in [2.24, 2.45) is 0 Å². The highest BCUT2D eigenvalue weighted by Gasteiger charge is 2.17. The van der Waals surface area contributed by atoms with Gasteiger partial charge in [-0.2, -0.15) is 0 Å². The summed E-state index contributed by atoms with van der Waals surface area (Å²) in [7, 11) is 0. The van der Waals surface area contributed by atoms with Gasteiger partial charge in [-0.05, 0) is 57.9 Å². The summed E-state index contributed by atoms with van der Waals surface area (Å²) < 4.78 is 6.59. The quantitative estimate of drug-likeness (QED) is 0.165. The second-order valence-corrected chi connectivity index (χ2v) is 9.63. The van der Waals surface area contributed by atoms with Gasteiger partial charge in [-0.1, -0.05) is 30.3 Å². The molecule has 0 aliphatic rings. The molecule has 0 saturated carbocycles. The number of unbranched alkanes of at least 4 members (excludes halogenated alkanes) is 2. The van der Waals surface area contributed by atoms with E-state index in [1.807, 2.05) is 30.7 Å². The van der Waals surface area contributed by atoms with Crippen LogP contribution in [0.15, 0.2) is 27.4 Å². The maximum absolute atomic E-state index is 12.1. The number of rotatable bonds is 15. The highest BCUT2D eigenvalue weighted by Crippen LogP contribution is 2.23. The number of ether oxygens (including phenoxy) is 1. The molecule has 0 aliphatic heterocycles. The molecule has 31 heavy (non-hydrogen) atoms. The van der Waals surface area contributed by atoms with Crippen LogP contribution in [0, 0.1) is 0 Å². The van der Waals surface area contributed by atoms with Gasteiger partial charge in [0, 0.05) is 18.2 Å². The largest absolute Gasteiger partial charge is 0.457 e. The van der Waals surface area contributed by atoms with E-state index in [0.717, 1.165) is 34.9 Å². The zero-order chi connectivity index (χ0) is 23.2. The lowest BCUT2D eigenvalue weighted by molar-refractivity contribution is -0.149. The van der Waals surface area contributed by atoms with E-state index in [2.05, 4.69) is 11.1 Å². The molecule has 0 amide bonds. The van der Waals surface area contributed by atoms with Crippen molar-refractivity contribution in [3.05, 3.63) is 28.8 Å². The van der Waals surface area contributed by atoms with Crippen LogP contribution in [0.1, 0.15) is 71.4 Å². The van der Waals surface area contributed by atoms with E-state index in [0.29, 0.717) is 12.8 Å². The minimum Gasteiger partial charge on any atom is -0.457 e. The minimum atomic E-state index is -0.742. The lowest BCUT2D eigenvalue weighted by atomic mass is 10.0. The molecular formula is C23H35NO5S2. The monoisotopic (exact) mass is 469 g/mol. The Morgan fingerprint density at radius 1 is 1.23 bits per heavy atom. The van der Waals surface area contributed by atoms with Crippen LogP contribution in [0.2, 0.25) is 0 Å². The van der Waals surface area contributed by atoms with E-state index in [9.17, 15) is 19.8 Å². The van der Waals surface area contributed by atoms with Gasteiger partial charge in [0.25, 0.3) is 0 Å². The van der Waals surface area contributed by atoms with Crippen LogP contribution in [0.4, 0.5) is 0 Å². The molecule has 0 bridgehead atoms. The van der Waals surface area contributed by atoms with Crippen molar-refractivity contribution >= 4 is 40.9 Å². The van der Waals surface area contributed by atoms with Crippen molar-refractivity contribution in [2.75, 3.05) is 6.26 Å². The Morgan fingerprint density at radius 2 is 1.97 bits per heavy atom. The van der Waals surface area contributed by atoms with Crippen LogP contribution in [0.5, 0.6) is 0 Å². The number of aromatic nitrogens is 1. The molecular weight excluding hydrogens is 434 g/mol. The standard InChI is InChI=1S/C23H35NO5S2/c1-16(12-19-15-31-23(24-19)30-4)21(29-22(28)14-18(3)26)11-9-7-5-6-8-10-20(27)13-17(2)25/h7,9,12,15,18,20-21,26-27H,5-6,8,10-11,13-14H2,1-4H3/b9-7-,16-12+. The van der Waals surface area contributed by atoms with Gasteiger partial charge >= 0.3 is 5.97 Å². The fraction of sp³-hybridized carbons (Fsp3) is 0.609. The number of carbonyl (C=O) groups excluding carboxylic acids is 2. The summed E-state index contributed by atoms with van der Waals surface area (Å²) in [5.74, 6) is -0.419. The first-order valence-electron chi connectivity index (χ1n) is 10.6. The number of hydrogen-bond acceptors (Lipinski definition) is 8. The molecule has 174 valence electrons. The average molecular weight is 470 g/mol. The number of ketones is 1. The van der Waals surface area contributed by atoms with Gasteiger partial charge in [0.05, 0.1) is 24.3 Å². The third-order valence-corrected chi connectivity index (χ3v) is 6.37. The third-order valence-electron chi connectivity index (χ3n) is 4.49. The Morgan fingerprint density at radius 3 is 2.58 bits per heavy atom. The number of carbonyl (C=O) groups is 2. The number of aliphatic hydroxyl groups excluding tert-OH is 2. The maximum atomic E-state index is 12.1. The SMILES string of the molecule is CSc1nc(/C=C(\C)C(C/C=C\CCCCC(O)CC(C)=O)OC(=O)CC(C)O)cs1. The van der Waals surface area contributed by atoms with Crippen LogP contribution in [0.3, 0.4) is 0 Å². The molecule has 1 heterocycles. The van der Waals surface area contributed by atoms with Crippen LogP contribution in [0.25, 0.3) is 6.08 Å². The molecule has 1 rings (SSSR count). The topological polar surface area (TPSA) is 96.7 Å². The molecule has 0 spiro atoms. The molecule has 3 atom stereocenters. The van der Waals surface area contributed by atoms with Crippen molar-refractivity contribution in [2.45, 2.75) is 88.4 Å². The van der Waals surface area contributed by atoms with Crippen LogP contribution < -0.4 is 0 Å². The Bertz CT molecular complexity index is 742. The zero-order valence-corrected chi connectivity index (χ0v) is 20.5. The highest BCUT2D eigenvalue weighted by molar-refractivity contribution is 8.00. The molecule has 2 N–H and O–H groups in total. The zero-order valence-electron chi connectivity index (χ0n) is 18.9. The number of hydrogen-bond donors (Lipinski definition) is 2. The minimum absolute atomic E-state index is 0.00863. The summed E-state index contributed by atoms with van der Waals surface area (Å²) in [6, 6.07) is 0. The number of aliphatic hydroxyl groups is 2. The third kappa shape index (κ3) is 12.8. The van der Waals surface area contributed by atoms with Crippen LogP contribution >= 0.6 is 23.1 Å². The first-order valence-corrected chi connectivity index (χ1v) is 12.7. The van der Waals surface area contributed by atoms with Crippen LogP contribution in [-0.4, -0.2) is 51.5 Å². The van der Waals surface area contributed by atoms with Crippen molar-refractivity contribution in [1.29, 1.82) is 0 Å². The lowest BCUT2D eigenvalue weighted by Crippen LogP contribution is -2.21. The van der Waals surface area contributed by atoms with Gasteiger partial charge in [-0.15, -0.1) is 11.3 Å². The van der Waals surface area contributed by atoms with Gasteiger partial charge in [-0.3, -0.25) is 9.59 Å². The number of thioether (sulfide) groups is 1. The molecule has 0 aliphatic carbocycles. The Kier molecular flexibility index (Phi) is 13.6. The summed E-state index contributed by atoms with van der Waals surface area (Å²) >= 11 is 3.17. The Labute approximate surface area is 193 Å². The number of nitrogens with zero attached hydrogens (tertiary/aromatic N) is 1. The number of thiazole rings is 1. The molecule has 1 aromatic rings. The molecule has 0 aromatic carbocycles. The van der Waals surface area contributed by atoms with E-state index in [4.69, 9.17) is 4.74 Å². The fourth-order valence-electron chi connectivity index (χ4n) is 2.94. The Balaban J connectivity index is 2.60. The van der Waals surface area contributed by atoms with Crippen molar-refractivity contribution < 1.29 is 24.5 Å². The summed E-state index contributed by atoms with van der Waals surface area (Å²) in [5.41, 5.74) is 1.74. The van der Waals surface area contributed by atoms with E-state index < -0.39 is 24.3 Å². The van der Waals surface area contributed by atoms with Gasteiger partial charge in [-0.25, -0.2) is 4.98 Å². The number of Topliss-reactive ketones (excluding diaryl/α,β-unsaturated/α-hetero) is 1. The van der Waals surface area contributed by atoms with Gasteiger partial charge < -0.3 is 14.9 Å². The number of esters is 1. The summed E-state index contributed by atoms with van der Waals surface area (Å²) in [6.45, 7) is 4.97. The maximum Gasteiger partial charge on any atom is 0.309 e. The fourth-order valence-corrected chi connectivity index (χ4v) is 4.17. The molecule has 6 nitrogen and oxygen atoms in total. The van der Waals surface area contributed by atoms with Crippen molar-refractivity contribution in [3.63, 3.8) is 0 Å². The van der Waals surface area contributed by atoms with Gasteiger partial charge in [0.1, 0.15) is 16.2 Å². The van der Waals surface area contributed by atoms with E-state index in [-0.39, 0.29) is 18.6 Å².